The Morgan fingerprint density at radius 3 is 2.72 bits per heavy atom. The summed E-state index contributed by atoms with van der Waals surface area (Å²) in [6.45, 7) is 2.21. The summed E-state index contributed by atoms with van der Waals surface area (Å²) in [4.78, 5) is 0. The van der Waals surface area contributed by atoms with Crippen LogP contribution in [0.3, 0.4) is 0 Å². The van der Waals surface area contributed by atoms with Crippen LogP contribution in [0, 0.1) is 18.6 Å². The highest BCUT2D eigenvalue weighted by molar-refractivity contribution is 5.69. The number of aromatic nitrogens is 2. The lowest BCUT2D eigenvalue weighted by Crippen LogP contribution is -2.08. The molecule has 0 unspecified atom stereocenters. The van der Waals surface area contributed by atoms with Gasteiger partial charge in [-0.15, -0.1) is 0 Å². The van der Waals surface area contributed by atoms with E-state index in [9.17, 15) is 8.78 Å². The summed E-state index contributed by atoms with van der Waals surface area (Å²) in [5, 5.41) is 4.25. The van der Waals surface area contributed by atoms with Gasteiger partial charge in [-0.2, -0.15) is 5.10 Å². The van der Waals surface area contributed by atoms with Crippen LogP contribution >= 0.6 is 0 Å². The van der Waals surface area contributed by atoms with Crippen LogP contribution in [-0.4, -0.2) is 16.3 Å². The van der Waals surface area contributed by atoms with E-state index in [0.29, 0.717) is 24.2 Å². The summed E-state index contributed by atoms with van der Waals surface area (Å²) in [7, 11) is 1.78. The maximum Gasteiger partial charge on any atom is 0.131 e. The third-order valence-corrected chi connectivity index (χ3v) is 2.92. The first-order valence-corrected chi connectivity index (χ1v) is 5.72. The predicted octanol–water partition coefficient (Wildman–Crippen LogP) is 2.17. The number of nitrogens with two attached hydrogens (primary N) is 1. The lowest BCUT2D eigenvalue weighted by Gasteiger charge is -2.07. The second kappa shape index (κ2) is 4.86. The fourth-order valence-corrected chi connectivity index (χ4v) is 2.17. The summed E-state index contributed by atoms with van der Waals surface area (Å²) >= 11 is 0. The summed E-state index contributed by atoms with van der Waals surface area (Å²) in [5.74, 6) is -0.917. The number of rotatable bonds is 3. The van der Waals surface area contributed by atoms with Gasteiger partial charge >= 0.3 is 0 Å². The maximum absolute atomic E-state index is 13.8. The van der Waals surface area contributed by atoms with E-state index in [1.165, 1.54) is 6.07 Å². The monoisotopic (exact) mass is 251 g/mol. The largest absolute Gasteiger partial charge is 0.330 e. The molecule has 1 aromatic heterocycles. The first-order valence-electron chi connectivity index (χ1n) is 5.72. The minimum Gasteiger partial charge on any atom is -0.330 e. The Hall–Kier alpha value is -1.75. The Labute approximate surface area is 104 Å². The summed E-state index contributed by atoms with van der Waals surface area (Å²) in [5.41, 5.74) is 7.91. The van der Waals surface area contributed by atoms with Gasteiger partial charge in [-0.1, -0.05) is 0 Å². The highest BCUT2D eigenvalue weighted by Crippen LogP contribution is 2.30. The average Bonchev–Trinajstić information content (AvgIpc) is 2.58. The summed E-state index contributed by atoms with van der Waals surface area (Å²) < 4.78 is 28.8. The maximum atomic E-state index is 13.8. The van der Waals surface area contributed by atoms with Crippen molar-refractivity contribution in [3.8, 4) is 11.1 Å². The average molecular weight is 251 g/mol. The number of hydrogen-bond donors (Lipinski definition) is 1. The third kappa shape index (κ3) is 2.13. The number of halogens is 2. The molecule has 1 aromatic carbocycles. The Morgan fingerprint density at radius 1 is 1.33 bits per heavy atom. The molecule has 0 fully saturated rings. The first kappa shape index (κ1) is 12.7. The summed E-state index contributed by atoms with van der Waals surface area (Å²) in [6.07, 6.45) is 0.572. The predicted molar refractivity (Wildman–Crippen MR) is 66.1 cm³/mol. The van der Waals surface area contributed by atoms with E-state index in [1.807, 2.05) is 0 Å². The van der Waals surface area contributed by atoms with Crippen LogP contribution in [0.1, 0.15) is 11.4 Å². The Balaban J connectivity index is 2.66. The third-order valence-electron chi connectivity index (χ3n) is 2.92. The van der Waals surface area contributed by atoms with E-state index in [1.54, 1.807) is 18.7 Å². The van der Waals surface area contributed by atoms with Gasteiger partial charge in [-0.05, 0) is 31.7 Å². The normalized spacial score (nSPS) is 10.9. The molecule has 1 heterocycles. The van der Waals surface area contributed by atoms with Gasteiger partial charge in [0, 0.05) is 30.3 Å². The van der Waals surface area contributed by atoms with Crippen LogP contribution < -0.4 is 5.73 Å². The highest BCUT2D eigenvalue weighted by atomic mass is 19.1. The number of benzene rings is 1. The van der Waals surface area contributed by atoms with Crippen LogP contribution in [0.5, 0.6) is 0 Å². The van der Waals surface area contributed by atoms with Crippen LogP contribution in [0.4, 0.5) is 8.78 Å². The van der Waals surface area contributed by atoms with Crippen molar-refractivity contribution in [3.63, 3.8) is 0 Å². The van der Waals surface area contributed by atoms with Crippen molar-refractivity contribution < 1.29 is 8.78 Å². The zero-order chi connectivity index (χ0) is 13.3. The second-order valence-corrected chi connectivity index (χ2v) is 4.19. The zero-order valence-electron chi connectivity index (χ0n) is 10.4. The molecule has 0 radical (unpaired) electrons. The van der Waals surface area contributed by atoms with Gasteiger partial charge in [-0.3, -0.25) is 4.68 Å². The van der Waals surface area contributed by atoms with Crippen LogP contribution in [-0.2, 0) is 13.5 Å². The fourth-order valence-electron chi connectivity index (χ4n) is 2.17. The van der Waals surface area contributed by atoms with Crippen molar-refractivity contribution in [1.29, 1.82) is 0 Å². The molecule has 0 atom stereocenters. The Kier molecular flexibility index (Phi) is 3.43. The highest BCUT2D eigenvalue weighted by Gasteiger charge is 2.18. The molecule has 18 heavy (non-hydrogen) atoms. The second-order valence-electron chi connectivity index (χ2n) is 4.19. The Bertz CT molecular complexity index is 576. The molecule has 0 bridgehead atoms. The molecule has 0 aliphatic heterocycles. The van der Waals surface area contributed by atoms with Crippen LogP contribution in [0.2, 0.25) is 0 Å². The molecule has 0 aliphatic carbocycles. The van der Waals surface area contributed by atoms with Crippen LogP contribution in [0.15, 0.2) is 18.2 Å². The number of nitrogens with zero attached hydrogens (tertiary/aromatic N) is 2. The molecular formula is C13H15F2N3. The quantitative estimate of drug-likeness (QED) is 0.908. The zero-order valence-corrected chi connectivity index (χ0v) is 10.4. The standard InChI is InChI=1S/C13H15F2N3/c1-8-13(12(5-6-16)18(2)17-8)10-7-9(14)3-4-11(10)15/h3-4,7H,5-6,16H2,1-2H3. The summed E-state index contributed by atoms with van der Waals surface area (Å²) in [6, 6.07) is 3.43. The lowest BCUT2D eigenvalue weighted by atomic mass is 10.0. The number of aryl methyl sites for hydroxylation is 2. The van der Waals surface area contributed by atoms with Gasteiger partial charge in [0.05, 0.1) is 5.69 Å². The molecular weight excluding hydrogens is 236 g/mol. The molecule has 3 nitrogen and oxygen atoms in total. The molecule has 0 amide bonds. The van der Waals surface area contributed by atoms with E-state index in [0.717, 1.165) is 17.8 Å². The van der Waals surface area contributed by atoms with Crippen LogP contribution in [0.25, 0.3) is 11.1 Å². The van der Waals surface area contributed by atoms with E-state index in [2.05, 4.69) is 5.10 Å². The van der Waals surface area contributed by atoms with Crippen molar-refractivity contribution in [1.82, 2.24) is 9.78 Å². The van der Waals surface area contributed by atoms with Gasteiger partial charge in [0.15, 0.2) is 0 Å². The van der Waals surface area contributed by atoms with Crippen molar-refractivity contribution in [3.05, 3.63) is 41.2 Å². The topological polar surface area (TPSA) is 43.8 Å². The molecule has 2 rings (SSSR count). The Morgan fingerprint density at radius 2 is 2.06 bits per heavy atom. The lowest BCUT2D eigenvalue weighted by molar-refractivity contribution is 0.602. The fraction of sp³-hybridized carbons (Fsp3) is 0.308. The van der Waals surface area contributed by atoms with Gasteiger partial charge < -0.3 is 5.73 Å². The molecule has 0 spiro atoms. The van der Waals surface area contributed by atoms with E-state index < -0.39 is 11.6 Å². The van der Waals surface area contributed by atoms with Gasteiger partial charge in [-0.25, -0.2) is 8.78 Å². The minimum atomic E-state index is -0.464. The van der Waals surface area contributed by atoms with Gasteiger partial charge in [0.25, 0.3) is 0 Å². The molecule has 0 saturated heterocycles. The van der Waals surface area contributed by atoms with Crippen molar-refractivity contribution >= 4 is 0 Å². The van der Waals surface area contributed by atoms with E-state index in [-0.39, 0.29) is 5.56 Å². The first-order chi connectivity index (χ1) is 8.54. The number of hydrogen-bond acceptors (Lipinski definition) is 2. The van der Waals surface area contributed by atoms with Gasteiger partial charge in [0.1, 0.15) is 11.6 Å². The smallest absolute Gasteiger partial charge is 0.131 e. The van der Waals surface area contributed by atoms with Gasteiger partial charge in [0.2, 0.25) is 0 Å². The van der Waals surface area contributed by atoms with E-state index in [4.69, 9.17) is 5.73 Å². The molecule has 0 aliphatic rings. The SMILES string of the molecule is Cc1nn(C)c(CCN)c1-c1cc(F)ccc1F. The molecule has 0 saturated carbocycles. The van der Waals surface area contributed by atoms with Crippen molar-refractivity contribution in [2.45, 2.75) is 13.3 Å². The van der Waals surface area contributed by atoms with Crippen molar-refractivity contribution in [2.24, 2.45) is 12.8 Å². The van der Waals surface area contributed by atoms with Crippen molar-refractivity contribution in [2.75, 3.05) is 6.54 Å². The molecule has 5 heteroatoms. The molecule has 96 valence electrons. The molecule has 2 N–H and O–H groups in total. The minimum absolute atomic E-state index is 0.240. The van der Waals surface area contributed by atoms with E-state index >= 15 is 0 Å². The molecule has 2 aromatic rings.